The highest BCUT2D eigenvalue weighted by Crippen LogP contribution is 2.32. The van der Waals surface area contributed by atoms with Gasteiger partial charge in [-0.15, -0.1) is 0 Å². The molecule has 0 radical (unpaired) electrons. The number of nitro groups is 1. The van der Waals surface area contributed by atoms with Crippen LogP contribution >= 0.6 is 11.6 Å². The smallest absolute Gasteiger partial charge is 0.308 e. The Morgan fingerprint density at radius 3 is 2.43 bits per heavy atom. The van der Waals surface area contributed by atoms with Crippen LogP contribution in [0.2, 0.25) is 0 Å². The molecule has 142 valence electrons. The van der Waals surface area contributed by atoms with Gasteiger partial charge >= 0.3 is 5.97 Å². The molecule has 2 aromatic carbocycles. The Bertz CT molecular complexity index is 1030. The number of non-ortho nitro benzene ring substituents is 1. The lowest BCUT2D eigenvalue weighted by atomic mass is 10.2. The maximum absolute atomic E-state index is 12.7. The van der Waals surface area contributed by atoms with E-state index in [9.17, 15) is 24.5 Å². The second kappa shape index (κ2) is 7.49. The number of hydrogen-bond donors (Lipinski definition) is 1. The van der Waals surface area contributed by atoms with Crippen LogP contribution in [0.15, 0.2) is 59.3 Å². The average molecular weight is 402 g/mol. The number of ether oxygens (including phenoxy) is 1. The lowest BCUT2D eigenvalue weighted by Crippen LogP contribution is -2.32. The van der Waals surface area contributed by atoms with Crippen molar-refractivity contribution in [2.24, 2.45) is 0 Å². The Kier molecular flexibility index (Phi) is 5.10. The highest BCUT2D eigenvalue weighted by atomic mass is 35.5. The predicted molar refractivity (Wildman–Crippen MR) is 99.8 cm³/mol. The number of nitro benzene ring substituents is 1. The summed E-state index contributed by atoms with van der Waals surface area (Å²) in [7, 11) is 0. The fourth-order valence-corrected chi connectivity index (χ4v) is 2.72. The monoisotopic (exact) mass is 401 g/mol. The molecule has 9 nitrogen and oxygen atoms in total. The summed E-state index contributed by atoms with van der Waals surface area (Å²) in [5.41, 5.74) is 0.0190. The minimum Gasteiger partial charge on any atom is -0.427 e. The van der Waals surface area contributed by atoms with Crippen molar-refractivity contribution in [3.8, 4) is 5.75 Å². The fourth-order valence-electron chi connectivity index (χ4n) is 2.51. The molecule has 0 saturated carbocycles. The maximum atomic E-state index is 12.7. The van der Waals surface area contributed by atoms with Crippen molar-refractivity contribution in [1.29, 1.82) is 0 Å². The summed E-state index contributed by atoms with van der Waals surface area (Å²) in [6.07, 6.45) is 0. The van der Waals surface area contributed by atoms with Crippen LogP contribution in [0.5, 0.6) is 5.75 Å². The number of nitrogens with zero attached hydrogens (tertiary/aromatic N) is 2. The van der Waals surface area contributed by atoms with Gasteiger partial charge in [0.25, 0.3) is 17.5 Å². The fraction of sp³-hybridized carbons (Fsp3) is 0.0556. The van der Waals surface area contributed by atoms with E-state index in [1.54, 1.807) is 0 Å². The van der Waals surface area contributed by atoms with E-state index in [2.05, 4.69) is 5.32 Å². The summed E-state index contributed by atoms with van der Waals surface area (Å²) in [6, 6.07) is 11.2. The number of hydrogen-bond acceptors (Lipinski definition) is 7. The zero-order valence-corrected chi connectivity index (χ0v) is 15.1. The topological polar surface area (TPSA) is 119 Å². The zero-order chi connectivity index (χ0) is 20.4. The van der Waals surface area contributed by atoms with Crippen LogP contribution in [-0.2, 0) is 14.4 Å². The zero-order valence-electron chi connectivity index (χ0n) is 14.3. The second-order valence-electron chi connectivity index (χ2n) is 5.65. The van der Waals surface area contributed by atoms with Crippen molar-refractivity contribution in [3.63, 3.8) is 0 Å². The van der Waals surface area contributed by atoms with Crippen LogP contribution in [0.1, 0.15) is 6.92 Å². The van der Waals surface area contributed by atoms with Gasteiger partial charge in [-0.2, -0.15) is 0 Å². The van der Waals surface area contributed by atoms with E-state index >= 15 is 0 Å². The molecule has 0 aliphatic carbocycles. The molecule has 2 aromatic rings. The normalized spacial score (nSPS) is 13.7. The van der Waals surface area contributed by atoms with E-state index in [1.807, 2.05) is 0 Å². The molecule has 0 spiro atoms. The average Bonchev–Trinajstić information content (AvgIpc) is 2.86. The number of amides is 2. The van der Waals surface area contributed by atoms with Gasteiger partial charge in [0.2, 0.25) is 0 Å². The van der Waals surface area contributed by atoms with Crippen molar-refractivity contribution < 1.29 is 24.0 Å². The molecule has 2 amide bonds. The van der Waals surface area contributed by atoms with Crippen molar-refractivity contribution in [2.75, 3.05) is 10.2 Å². The molecule has 0 saturated heterocycles. The third-order valence-electron chi connectivity index (χ3n) is 3.71. The van der Waals surface area contributed by atoms with Gasteiger partial charge in [0.15, 0.2) is 0 Å². The van der Waals surface area contributed by atoms with E-state index in [0.717, 1.165) is 11.0 Å². The maximum Gasteiger partial charge on any atom is 0.308 e. The molecular formula is C18H12ClN3O6. The van der Waals surface area contributed by atoms with Crippen LogP contribution in [0.3, 0.4) is 0 Å². The van der Waals surface area contributed by atoms with Crippen LogP contribution < -0.4 is 15.0 Å². The summed E-state index contributed by atoms with van der Waals surface area (Å²) < 4.78 is 4.91. The molecule has 0 unspecified atom stereocenters. The van der Waals surface area contributed by atoms with E-state index in [0.29, 0.717) is 11.4 Å². The first-order valence-electron chi connectivity index (χ1n) is 7.86. The standard InChI is InChI=1S/C18H12ClN3O6/c1-10(23)28-14-7-5-11(6-8-14)20-16-15(19)17(24)21(18(16)25)12-3-2-4-13(9-12)22(26)27/h2-9,20H,1H3. The van der Waals surface area contributed by atoms with Gasteiger partial charge in [-0.25, -0.2) is 4.90 Å². The Hall–Kier alpha value is -3.72. The molecule has 1 heterocycles. The van der Waals surface area contributed by atoms with E-state index < -0.39 is 22.7 Å². The first-order chi connectivity index (χ1) is 13.3. The predicted octanol–water partition coefficient (Wildman–Crippen LogP) is 2.96. The molecule has 3 rings (SSSR count). The number of esters is 1. The Morgan fingerprint density at radius 2 is 1.82 bits per heavy atom. The minimum atomic E-state index is -0.800. The summed E-state index contributed by atoms with van der Waals surface area (Å²) in [5, 5.41) is 13.3. The molecule has 0 atom stereocenters. The molecule has 1 N–H and O–H groups in total. The SMILES string of the molecule is CC(=O)Oc1ccc(NC2=C(Cl)C(=O)N(c3cccc([N+](=O)[O-])c3)C2=O)cc1. The highest BCUT2D eigenvalue weighted by Gasteiger charge is 2.39. The minimum absolute atomic E-state index is 0.0318. The van der Waals surface area contributed by atoms with Crippen molar-refractivity contribution in [3.05, 3.63) is 69.4 Å². The number of rotatable bonds is 5. The molecule has 0 aromatic heterocycles. The summed E-state index contributed by atoms with van der Waals surface area (Å²) in [4.78, 5) is 47.1. The van der Waals surface area contributed by atoms with E-state index in [1.165, 1.54) is 49.4 Å². The molecule has 1 aliphatic heterocycles. The van der Waals surface area contributed by atoms with E-state index in [-0.39, 0.29) is 22.1 Å². The summed E-state index contributed by atoms with van der Waals surface area (Å²) >= 11 is 6.02. The molecule has 0 bridgehead atoms. The quantitative estimate of drug-likeness (QED) is 0.269. The molecule has 10 heteroatoms. The third-order valence-corrected chi connectivity index (χ3v) is 4.06. The summed E-state index contributed by atoms with van der Waals surface area (Å²) in [6.45, 7) is 1.27. The number of anilines is 2. The van der Waals surface area contributed by atoms with Gasteiger partial charge < -0.3 is 10.1 Å². The second-order valence-corrected chi connectivity index (χ2v) is 6.03. The largest absolute Gasteiger partial charge is 0.427 e. The number of benzene rings is 2. The molecular weight excluding hydrogens is 390 g/mol. The van der Waals surface area contributed by atoms with Gasteiger partial charge in [0.1, 0.15) is 16.5 Å². The first kappa shape index (κ1) is 19.1. The van der Waals surface area contributed by atoms with Crippen LogP contribution in [0.25, 0.3) is 0 Å². The Balaban J connectivity index is 1.84. The van der Waals surface area contributed by atoms with Crippen LogP contribution in [0.4, 0.5) is 17.1 Å². The lowest BCUT2D eigenvalue weighted by molar-refractivity contribution is -0.384. The summed E-state index contributed by atoms with van der Waals surface area (Å²) in [5.74, 6) is -1.72. The van der Waals surface area contributed by atoms with Gasteiger partial charge in [-0.3, -0.25) is 24.5 Å². The van der Waals surface area contributed by atoms with Crippen LogP contribution in [-0.4, -0.2) is 22.7 Å². The third kappa shape index (κ3) is 3.69. The highest BCUT2D eigenvalue weighted by molar-refractivity contribution is 6.53. The Labute approximate surface area is 163 Å². The number of imide groups is 1. The van der Waals surface area contributed by atoms with Crippen molar-refractivity contribution in [2.45, 2.75) is 6.92 Å². The molecule has 0 fully saturated rings. The van der Waals surface area contributed by atoms with Gasteiger partial charge in [-0.1, -0.05) is 17.7 Å². The first-order valence-corrected chi connectivity index (χ1v) is 8.24. The number of carbonyl (C=O) groups excluding carboxylic acids is 3. The van der Waals surface area contributed by atoms with Gasteiger partial charge in [0.05, 0.1) is 10.6 Å². The number of nitrogens with one attached hydrogen (secondary N) is 1. The Morgan fingerprint density at radius 1 is 1.14 bits per heavy atom. The van der Waals surface area contributed by atoms with Gasteiger partial charge in [-0.05, 0) is 30.3 Å². The lowest BCUT2D eigenvalue weighted by Gasteiger charge is -2.15. The number of carbonyl (C=O) groups is 3. The molecule has 28 heavy (non-hydrogen) atoms. The number of halogens is 1. The van der Waals surface area contributed by atoms with Crippen molar-refractivity contribution in [1.82, 2.24) is 0 Å². The van der Waals surface area contributed by atoms with Crippen LogP contribution in [0, 0.1) is 10.1 Å². The van der Waals surface area contributed by atoms with Crippen molar-refractivity contribution >= 4 is 46.4 Å². The van der Waals surface area contributed by atoms with E-state index in [4.69, 9.17) is 16.3 Å². The molecule has 1 aliphatic rings. The van der Waals surface area contributed by atoms with Gasteiger partial charge in [0, 0.05) is 24.7 Å².